The van der Waals surface area contributed by atoms with E-state index in [0.29, 0.717) is 6.61 Å². The second-order valence-corrected chi connectivity index (χ2v) is 4.78. The zero-order chi connectivity index (χ0) is 10.7. The summed E-state index contributed by atoms with van der Waals surface area (Å²) in [5, 5.41) is 0. The summed E-state index contributed by atoms with van der Waals surface area (Å²) in [4.78, 5) is 0. The Bertz CT molecular complexity index is 332. The molecule has 0 spiro atoms. The molecule has 3 heteroatoms. The summed E-state index contributed by atoms with van der Waals surface area (Å²) < 4.78 is 12.4. The molecule has 0 bridgehead atoms. The maximum Gasteiger partial charge on any atom is 0.123 e. The number of halogens is 1. The molecule has 15 heavy (non-hydrogen) atoms. The first-order valence-electron chi connectivity index (χ1n) is 5.26. The van der Waals surface area contributed by atoms with Crippen molar-refractivity contribution < 1.29 is 9.47 Å². The van der Waals surface area contributed by atoms with E-state index in [2.05, 4.69) is 28.9 Å². The van der Waals surface area contributed by atoms with Crippen LogP contribution in [0.25, 0.3) is 0 Å². The summed E-state index contributed by atoms with van der Waals surface area (Å²) in [5.41, 5.74) is 1.17. The fraction of sp³-hybridized carbons (Fsp3) is 0.500. The lowest BCUT2D eigenvalue weighted by atomic mass is 10.1. The van der Waals surface area contributed by atoms with Gasteiger partial charge >= 0.3 is 0 Å². The van der Waals surface area contributed by atoms with Crippen LogP contribution in [0.15, 0.2) is 22.7 Å². The first-order chi connectivity index (χ1) is 7.25. The van der Waals surface area contributed by atoms with Crippen LogP contribution < -0.4 is 4.74 Å². The molecule has 0 radical (unpaired) electrons. The number of ether oxygens (including phenoxy) is 2. The molecule has 82 valence electrons. The molecule has 1 aliphatic rings. The van der Waals surface area contributed by atoms with E-state index in [9.17, 15) is 0 Å². The minimum atomic E-state index is 0.215. The quantitative estimate of drug-likeness (QED) is 0.821. The Morgan fingerprint density at radius 1 is 1.47 bits per heavy atom. The molecule has 1 atom stereocenters. The van der Waals surface area contributed by atoms with E-state index in [1.165, 1.54) is 5.56 Å². The van der Waals surface area contributed by atoms with Crippen molar-refractivity contribution in [3.63, 3.8) is 0 Å². The monoisotopic (exact) mass is 270 g/mol. The first-order valence-corrected chi connectivity index (χ1v) is 6.05. The number of benzene rings is 1. The Morgan fingerprint density at radius 2 is 2.33 bits per heavy atom. The van der Waals surface area contributed by atoms with Crippen molar-refractivity contribution in [1.82, 2.24) is 0 Å². The molecule has 1 aliphatic heterocycles. The Morgan fingerprint density at radius 3 is 3.07 bits per heavy atom. The third-order valence-corrected chi connectivity index (χ3v) is 3.06. The van der Waals surface area contributed by atoms with Gasteiger partial charge in [0.2, 0.25) is 0 Å². The van der Waals surface area contributed by atoms with Crippen LogP contribution in [0, 0.1) is 6.92 Å². The smallest absolute Gasteiger partial charge is 0.123 e. The Hall–Kier alpha value is -0.540. The van der Waals surface area contributed by atoms with E-state index in [1.807, 2.05) is 12.1 Å². The highest BCUT2D eigenvalue weighted by Crippen LogP contribution is 2.25. The standard InChI is InChI=1S/C12H15BrO2/c1-9-4-5-10(13)7-12(9)15-11-3-2-6-14-8-11/h4-5,7,11H,2-3,6,8H2,1H3. The fourth-order valence-corrected chi connectivity index (χ4v) is 2.02. The van der Waals surface area contributed by atoms with Gasteiger partial charge in [-0.3, -0.25) is 0 Å². The number of rotatable bonds is 2. The molecule has 0 saturated carbocycles. The first kappa shape index (κ1) is 11.0. The predicted octanol–water partition coefficient (Wildman–Crippen LogP) is 3.32. The summed E-state index contributed by atoms with van der Waals surface area (Å²) in [7, 11) is 0. The van der Waals surface area contributed by atoms with Gasteiger partial charge in [0.25, 0.3) is 0 Å². The predicted molar refractivity (Wildman–Crippen MR) is 63.3 cm³/mol. The molecule has 1 fully saturated rings. The van der Waals surface area contributed by atoms with Crippen LogP contribution in [0.5, 0.6) is 5.75 Å². The van der Waals surface area contributed by atoms with Gasteiger partial charge in [-0.05, 0) is 37.5 Å². The van der Waals surface area contributed by atoms with E-state index in [4.69, 9.17) is 9.47 Å². The second-order valence-electron chi connectivity index (χ2n) is 3.87. The average molecular weight is 271 g/mol. The van der Waals surface area contributed by atoms with Crippen LogP contribution in [-0.4, -0.2) is 19.3 Å². The summed E-state index contributed by atoms with van der Waals surface area (Å²) in [6.45, 7) is 3.65. The van der Waals surface area contributed by atoms with Gasteiger partial charge < -0.3 is 9.47 Å². The van der Waals surface area contributed by atoms with Crippen LogP contribution in [0.4, 0.5) is 0 Å². The molecular formula is C12H15BrO2. The van der Waals surface area contributed by atoms with Crippen LogP contribution >= 0.6 is 15.9 Å². The SMILES string of the molecule is Cc1ccc(Br)cc1OC1CCCOC1. The number of hydrogen-bond acceptors (Lipinski definition) is 2. The molecule has 1 saturated heterocycles. The van der Waals surface area contributed by atoms with Gasteiger partial charge in [-0.25, -0.2) is 0 Å². The van der Waals surface area contributed by atoms with Crippen LogP contribution in [-0.2, 0) is 4.74 Å². The highest BCUT2D eigenvalue weighted by Gasteiger charge is 2.16. The van der Waals surface area contributed by atoms with Crippen molar-refractivity contribution in [3.05, 3.63) is 28.2 Å². The van der Waals surface area contributed by atoms with E-state index >= 15 is 0 Å². The Balaban J connectivity index is 2.05. The maximum absolute atomic E-state index is 5.91. The fourth-order valence-electron chi connectivity index (χ4n) is 1.68. The molecule has 1 unspecified atom stereocenters. The Kier molecular flexibility index (Phi) is 3.65. The van der Waals surface area contributed by atoms with Gasteiger partial charge in [0.05, 0.1) is 6.61 Å². The van der Waals surface area contributed by atoms with E-state index < -0.39 is 0 Å². The zero-order valence-electron chi connectivity index (χ0n) is 8.83. The third-order valence-electron chi connectivity index (χ3n) is 2.56. The van der Waals surface area contributed by atoms with Crippen LogP contribution in [0.2, 0.25) is 0 Å². The van der Waals surface area contributed by atoms with Gasteiger partial charge in [0.1, 0.15) is 11.9 Å². The third kappa shape index (κ3) is 2.95. The largest absolute Gasteiger partial charge is 0.488 e. The van der Waals surface area contributed by atoms with E-state index in [-0.39, 0.29) is 6.10 Å². The second kappa shape index (κ2) is 4.99. The molecule has 2 nitrogen and oxygen atoms in total. The van der Waals surface area contributed by atoms with E-state index in [0.717, 1.165) is 29.7 Å². The van der Waals surface area contributed by atoms with Crippen molar-refractivity contribution in [2.45, 2.75) is 25.9 Å². The molecule has 2 rings (SSSR count). The lowest BCUT2D eigenvalue weighted by Gasteiger charge is -2.24. The molecular weight excluding hydrogens is 256 g/mol. The van der Waals surface area contributed by atoms with Gasteiger partial charge in [0, 0.05) is 11.1 Å². The van der Waals surface area contributed by atoms with E-state index in [1.54, 1.807) is 0 Å². The van der Waals surface area contributed by atoms with Crippen LogP contribution in [0.3, 0.4) is 0 Å². The van der Waals surface area contributed by atoms with Gasteiger partial charge in [-0.1, -0.05) is 22.0 Å². The summed E-state index contributed by atoms with van der Waals surface area (Å²) in [6, 6.07) is 6.10. The molecule has 0 N–H and O–H groups in total. The molecule has 0 aromatic heterocycles. The van der Waals surface area contributed by atoms with Gasteiger partial charge in [-0.2, -0.15) is 0 Å². The number of aryl methyl sites for hydroxylation is 1. The summed E-state index contributed by atoms with van der Waals surface area (Å²) in [5.74, 6) is 0.958. The van der Waals surface area contributed by atoms with Gasteiger partial charge in [-0.15, -0.1) is 0 Å². The summed E-state index contributed by atoms with van der Waals surface area (Å²) in [6.07, 6.45) is 2.40. The van der Waals surface area contributed by atoms with Crippen molar-refractivity contribution in [1.29, 1.82) is 0 Å². The van der Waals surface area contributed by atoms with Crippen molar-refractivity contribution in [2.75, 3.05) is 13.2 Å². The van der Waals surface area contributed by atoms with Crippen LogP contribution in [0.1, 0.15) is 18.4 Å². The maximum atomic E-state index is 5.91. The molecule has 1 aromatic carbocycles. The highest BCUT2D eigenvalue weighted by molar-refractivity contribution is 9.10. The Labute approximate surface area is 98.7 Å². The average Bonchev–Trinajstić information content (AvgIpc) is 2.25. The number of hydrogen-bond donors (Lipinski definition) is 0. The normalized spacial score (nSPS) is 21.3. The topological polar surface area (TPSA) is 18.5 Å². The molecule has 0 amide bonds. The van der Waals surface area contributed by atoms with Crippen molar-refractivity contribution >= 4 is 15.9 Å². The highest BCUT2D eigenvalue weighted by atomic mass is 79.9. The van der Waals surface area contributed by atoms with Crippen molar-refractivity contribution in [2.24, 2.45) is 0 Å². The van der Waals surface area contributed by atoms with Gasteiger partial charge in [0.15, 0.2) is 0 Å². The minimum absolute atomic E-state index is 0.215. The molecule has 1 aromatic rings. The molecule has 0 aliphatic carbocycles. The zero-order valence-corrected chi connectivity index (χ0v) is 10.4. The minimum Gasteiger partial charge on any atom is -0.488 e. The summed E-state index contributed by atoms with van der Waals surface area (Å²) >= 11 is 3.45. The molecule has 1 heterocycles. The van der Waals surface area contributed by atoms with Crippen molar-refractivity contribution in [3.8, 4) is 5.75 Å². The lowest BCUT2D eigenvalue weighted by molar-refractivity contribution is 0.00713. The lowest BCUT2D eigenvalue weighted by Crippen LogP contribution is -2.28.